The third kappa shape index (κ3) is 8.84. The maximum Gasteiger partial charge on any atom is 0.228 e. The van der Waals surface area contributed by atoms with Crippen molar-refractivity contribution in [3.8, 4) is 5.75 Å². The number of Topliss-reactive ketones (excluding diaryl/α,β-unsaturated/α-hetero) is 1. The summed E-state index contributed by atoms with van der Waals surface area (Å²) < 4.78 is 16.6. The smallest absolute Gasteiger partial charge is 0.228 e. The molecule has 2 aromatic heterocycles. The Bertz CT molecular complexity index is 1560. The largest absolute Gasteiger partial charge is 0.486 e. The van der Waals surface area contributed by atoms with Crippen molar-refractivity contribution in [2.45, 2.75) is 65.3 Å². The summed E-state index contributed by atoms with van der Waals surface area (Å²) in [5, 5.41) is 14.3. The molecule has 1 atom stereocenters. The maximum absolute atomic E-state index is 13.4. The van der Waals surface area contributed by atoms with Crippen LogP contribution in [0.5, 0.6) is 5.75 Å². The van der Waals surface area contributed by atoms with Gasteiger partial charge in [-0.3, -0.25) is 14.5 Å². The fraction of sp³-hybridized carbons (Fsp3) is 0.559. The van der Waals surface area contributed by atoms with Gasteiger partial charge < -0.3 is 34.1 Å². The number of benzene rings is 1. The molecule has 48 heavy (non-hydrogen) atoms. The second-order valence-corrected chi connectivity index (χ2v) is 13.0. The van der Waals surface area contributed by atoms with E-state index in [9.17, 15) is 14.7 Å². The number of amides is 1. The highest BCUT2D eigenvalue weighted by molar-refractivity contribution is 7.59. The van der Waals surface area contributed by atoms with Crippen LogP contribution < -0.4 is 15.0 Å². The second-order valence-electron chi connectivity index (χ2n) is 13.0. The minimum atomic E-state index is -0.647. The van der Waals surface area contributed by atoms with Gasteiger partial charge in [-0.1, -0.05) is 19.9 Å². The summed E-state index contributed by atoms with van der Waals surface area (Å²) >= 11 is 0. The molecule has 14 heteroatoms. The van der Waals surface area contributed by atoms with Crippen molar-refractivity contribution < 1.29 is 28.6 Å². The molecule has 2 N–H and O–H groups in total. The first kappa shape index (κ1) is 35.6. The standard InChI is InChI=1S/C34H45N7O6.H2S/c1-22(2)33(44)40-10-12-41(13-11-40)34-37-29(15-32(38-34)36-26-18-45-19-26)30(43)7-5-27(42)17-39-9-8-24-14-28(6-4-25(24)16-39)46-20-31-23(3)35-21-47-31;/h4,6,14-15,21-22,26-27,42H,5,7-13,16-20H2,1-3H3,(H,36,37,38);1H2/t27-;/m0./s1. The molecule has 2 saturated heterocycles. The summed E-state index contributed by atoms with van der Waals surface area (Å²) in [7, 11) is 0. The fourth-order valence-corrected chi connectivity index (χ4v) is 6.08. The van der Waals surface area contributed by atoms with Gasteiger partial charge in [-0.2, -0.15) is 18.5 Å². The van der Waals surface area contributed by atoms with Crippen LogP contribution in [0.15, 0.2) is 35.1 Å². The summed E-state index contributed by atoms with van der Waals surface area (Å²) in [4.78, 5) is 45.4. The lowest BCUT2D eigenvalue weighted by Crippen LogP contribution is -2.50. The quantitative estimate of drug-likeness (QED) is 0.256. The normalized spacial score (nSPS) is 17.4. The van der Waals surface area contributed by atoms with Gasteiger partial charge in [-0.05, 0) is 43.0 Å². The van der Waals surface area contributed by atoms with E-state index in [0.29, 0.717) is 76.4 Å². The number of β-amino-alcohol motifs (C(OH)–C–C–N with tert-alkyl or cyclic N) is 1. The van der Waals surface area contributed by atoms with Crippen molar-refractivity contribution >= 4 is 37.0 Å². The van der Waals surface area contributed by atoms with Gasteiger partial charge >= 0.3 is 0 Å². The molecule has 1 amide bonds. The van der Waals surface area contributed by atoms with Crippen LogP contribution in [-0.2, 0) is 29.1 Å². The number of aliphatic hydroxyl groups excluding tert-OH is 1. The lowest BCUT2D eigenvalue weighted by molar-refractivity contribution is -0.134. The van der Waals surface area contributed by atoms with E-state index in [1.807, 2.05) is 36.6 Å². The van der Waals surface area contributed by atoms with Crippen LogP contribution in [0.1, 0.15) is 59.8 Å². The minimum Gasteiger partial charge on any atom is -0.486 e. The Morgan fingerprint density at radius 1 is 1.08 bits per heavy atom. The number of hydrogen-bond donors (Lipinski definition) is 2. The number of hydrogen-bond acceptors (Lipinski definition) is 12. The molecule has 0 radical (unpaired) electrons. The number of nitrogens with one attached hydrogen (secondary N) is 1. The predicted octanol–water partition coefficient (Wildman–Crippen LogP) is 2.96. The average Bonchev–Trinajstić information content (AvgIpc) is 3.48. The van der Waals surface area contributed by atoms with Crippen LogP contribution in [0.25, 0.3) is 0 Å². The monoisotopic (exact) mass is 681 g/mol. The van der Waals surface area contributed by atoms with Gasteiger partial charge in [0.1, 0.15) is 23.9 Å². The number of carbonyl (C=O) groups excluding carboxylic acids is 2. The Kier molecular flexibility index (Phi) is 11.9. The van der Waals surface area contributed by atoms with Crippen molar-refractivity contribution in [3.63, 3.8) is 0 Å². The van der Waals surface area contributed by atoms with Gasteiger partial charge in [0.25, 0.3) is 0 Å². The number of fused-ring (bicyclic) bond motifs is 1. The fourth-order valence-electron chi connectivity index (χ4n) is 6.08. The molecule has 1 aromatic carbocycles. The Morgan fingerprint density at radius 2 is 1.88 bits per heavy atom. The molecule has 3 aromatic rings. The first-order valence-electron chi connectivity index (χ1n) is 16.6. The summed E-state index contributed by atoms with van der Waals surface area (Å²) in [6.07, 6.45) is 2.15. The number of aromatic nitrogens is 3. The van der Waals surface area contributed by atoms with Crippen LogP contribution in [0, 0.1) is 12.8 Å². The lowest BCUT2D eigenvalue weighted by atomic mass is 9.98. The number of aliphatic hydroxyl groups is 1. The van der Waals surface area contributed by atoms with Gasteiger partial charge in [-0.25, -0.2) is 9.97 Å². The zero-order valence-electron chi connectivity index (χ0n) is 28.0. The summed E-state index contributed by atoms with van der Waals surface area (Å²) in [5.74, 6) is 2.54. The van der Waals surface area contributed by atoms with Crippen molar-refractivity contribution in [1.29, 1.82) is 0 Å². The molecule has 3 aliphatic heterocycles. The van der Waals surface area contributed by atoms with E-state index in [-0.39, 0.29) is 43.6 Å². The number of rotatable bonds is 13. The van der Waals surface area contributed by atoms with Crippen molar-refractivity contribution in [2.75, 3.05) is 62.7 Å². The van der Waals surface area contributed by atoms with Crippen LogP contribution in [-0.4, -0.2) is 106 Å². The first-order chi connectivity index (χ1) is 22.7. The topological polar surface area (TPSA) is 146 Å². The number of oxazole rings is 1. The summed E-state index contributed by atoms with van der Waals surface area (Å²) in [6.45, 7) is 11.6. The molecular formula is C34H47N7O6S. The van der Waals surface area contributed by atoms with E-state index in [4.69, 9.17) is 18.9 Å². The number of carbonyl (C=O) groups is 2. The Hall–Kier alpha value is -3.72. The van der Waals surface area contributed by atoms with Gasteiger partial charge in [-0.15, -0.1) is 0 Å². The second kappa shape index (κ2) is 16.1. The molecule has 0 bridgehead atoms. The number of anilines is 2. The molecule has 5 heterocycles. The van der Waals surface area contributed by atoms with Gasteiger partial charge in [0.15, 0.2) is 17.9 Å². The van der Waals surface area contributed by atoms with Crippen molar-refractivity contribution in [2.24, 2.45) is 5.92 Å². The third-order valence-electron chi connectivity index (χ3n) is 9.02. The van der Waals surface area contributed by atoms with Gasteiger partial charge in [0.2, 0.25) is 11.9 Å². The molecule has 6 rings (SSSR count). The van der Waals surface area contributed by atoms with Gasteiger partial charge in [0, 0.05) is 64.2 Å². The molecule has 0 spiro atoms. The molecule has 0 unspecified atom stereocenters. The van der Waals surface area contributed by atoms with Gasteiger partial charge in [0.05, 0.1) is 31.1 Å². The number of nitrogens with zero attached hydrogens (tertiary/aromatic N) is 6. The minimum absolute atomic E-state index is 0. The van der Waals surface area contributed by atoms with E-state index in [2.05, 4.69) is 32.3 Å². The molecule has 0 saturated carbocycles. The lowest BCUT2D eigenvalue weighted by Gasteiger charge is -2.36. The van der Waals surface area contributed by atoms with Crippen molar-refractivity contribution in [1.82, 2.24) is 24.8 Å². The molecule has 13 nitrogen and oxygen atoms in total. The zero-order valence-corrected chi connectivity index (χ0v) is 29.0. The number of ether oxygens (including phenoxy) is 2. The van der Waals surface area contributed by atoms with Crippen LogP contribution in [0.4, 0.5) is 11.8 Å². The highest BCUT2D eigenvalue weighted by atomic mass is 32.1. The van der Waals surface area contributed by atoms with Crippen LogP contribution >= 0.6 is 13.5 Å². The van der Waals surface area contributed by atoms with E-state index >= 15 is 0 Å². The molecule has 3 aliphatic rings. The molecule has 260 valence electrons. The third-order valence-corrected chi connectivity index (χ3v) is 9.02. The molecular weight excluding hydrogens is 634 g/mol. The summed E-state index contributed by atoms with van der Waals surface area (Å²) in [5.41, 5.74) is 3.60. The highest BCUT2D eigenvalue weighted by Gasteiger charge is 2.27. The highest BCUT2D eigenvalue weighted by Crippen LogP contribution is 2.26. The zero-order chi connectivity index (χ0) is 32.9. The van der Waals surface area contributed by atoms with Crippen molar-refractivity contribution in [3.05, 3.63) is 58.9 Å². The number of ketones is 1. The summed E-state index contributed by atoms with van der Waals surface area (Å²) in [6, 6.07) is 7.96. The molecule has 2 fully saturated rings. The molecule has 0 aliphatic carbocycles. The first-order valence-corrected chi connectivity index (χ1v) is 16.6. The van der Waals surface area contributed by atoms with E-state index in [0.717, 1.165) is 36.7 Å². The Morgan fingerprint density at radius 3 is 2.56 bits per heavy atom. The number of piperazine rings is 1. The average molecular weight is 682 g/mol. The van der Waals surface area contributed by atoms with E-state index in [1.54, 1.807) is 6.07 Å². The predicted molar refractivity (Wildman–Crippen MR) is 185 cm³/mol. The van der Waals surface area contributed by atoms with Crippen LogP contribution in [0.2, 0.25) is 0 Å². The Balaban J connectivity index is 0.00000451. The van der Waals surface area contributed by atoms with E-state index in [1.165, 1.54) is 17.5 Å². The van der Waals surface area contributed by atoms with E-state index < -0.39 is 6.10 Å². The Labute approximate surface area is 288 Å². The number of aryl methyl sites for hydroxylation is 1. The van der Waals surface area contributed by atoms with Crippen LogP contribution in [0.3, 0.4) is 0 Å². The maximum atomic E-state index is 13.4. The SMILES string of the molecule is Cc1ncoc1COc1ccc2c(c1)CCN(C[C@@H](O)CCC(=O)c1cc(NC3COC3)nc(N3CCN(C(=O)C(C)C)CC3)n1)C2.S.